The molecule has 5 atom stereocenters. The summed E-state index contributed by atoms with van der Waals surface area (Å²) in [5.74, 6) is 0. The van der Waals surface area contributed by atoms with Gasteiger partial charge in [0.2, 0.25) is 0 Å². The molecule has 1 aromatic heterocycles. The number of aromatic nitrogens is 2. The molecule has 166 valence electrons. The van der Waals surface area contributed by atoms with E-state index < -0.39 is 48.1 Å². The molecule has 1 fully saturated rings. The van der Waals surface area contributed by atoms with Crippen molar-refractivity contribution in [2.24, 2.45) is 5.41 Å². The number of H-pyrrole nitrogens is 1. The number of hydrogen-bond donors (Lipinski definition) is 2. The molecule has 1 aliphatic rings. The molecule has 0 spiro atoms. The SMILES string of the molecule is CO[C@H]1C(OP(O)(=S)OC(C)(C)C)[C@@H](CC(C)(C)C)O[C@H]1n1ccc(=O)[nH]c1=O. The Labute approximate surface area is 175 Å². The fraction of sp³-hybridized carbons (Fsp3) is 0.778. The number of aromatic amines is 1. The molecule has 0 radical (unpaired) electrons. The number of ether oxygens (including phenoxy) is 2. The first kappa shape index (κ1) is 24.4. The van der Waals surface area contributed by atoms with Crippen LogP contribution in [0.1, 0.15) is 54.2 Å². The Morgan fingerprint density at radius 2 is 1.86 bits per heavy atom. The number of hydrogen-bond acceptors (Lipinski definition) is 7. The summed E-state index contributed by atoms with van der Waals surface area (Å²) in [6.07, 6.45) is -1.04. The van der Waals surface area contributed by atoms with Gasteiger partial charge in [0.25, 0.3) is 5.56 Å². The molecule has 1 saturated heterocycles. The highest BCUT2D eigenvalue weighted by Gasteiger charge is 2.50. The molecule has 0 bridgehead atoms. The zero-order chi connectivity index (χ0) is 22.2. The van der Waals surface area contributed by atoms with Crippen molar-refractivity contribution in [2.45, 2.75) is 78.1 Å². The third kappa shape index (κ3) is 6.82. The van der Waals surface area contributed by atoms with E-state index in [1.807, 2.05) is 20.8 Å². The van der Waals surface area contributed by atoms with E-state index in [9.17, 15) is 14.5 Å². The first-order chi connectivity index (χ1) is 13.1. The number of rotatable bonds is 6. The van der Waals surface area contributed by atoms with Gasteiger partial charge < -0.3 is 18.9 Å². The number of nitrogens with zero attached hydrogens (tertiary/aromatic N) is 1. The van der Waals surface area contributed by atoms with Crippen LogP contribution in [-0.4, -0.2) is 45.5 Å². The van der Waals surface area contributed by atoms with Gasteiger partial charge in [-0.1, -0.05) is 20.8 Å². The Morgan fingerprint density at radius 1 is 1.24 bits per heavy atom. The van der Waals surface area contributed by atoms with Gasteiger partial charge in [0, 0.05) is 19.4 Å². The van der Waals surface area contributed by atoms with Crippen molar-refractivity contribution in [3.05, 3.63) is 33.1 Å². The van der Waals surface area contributed by atoms with Gasteiger partial charge in [0.1, 0.15) is 12.2 Å². The molecule has 0 aromatic carbocycles. The third-order valence-electron chi connectivity index (χ3n) is 4.14. The summed E-state index contributed by atoms with van der Waals surface area (Å²) in [5, 5.41) is 0. The Bertz CT molecular complexity index is 870. The van der Waals surface area contributed by atoms with Gasteiger partial charge in [-0.3, -0.25) is 18.9 Å². The van der Waals surface area contributed by atoms with Crippen LogP contribution in [-0.2, 0) is 30.3 Å². The van der Waals surface area contributed by atoms with E-state index in [-0.39, 0.29) is 5.41 Å². The maximum absolute atomic E-state index is 12.3. The fourth-order valence-corrected chi connectivity index (χ4v) is 5.49. The Morgan fingerprint density at radius 3 is 2.34 bits per heavy atom. The molecule has 9 nitrogen and oxygen atoms in total. The first-order valence-electron chi connectivity index (χ1n) is 9.33. The summed E-state index contributed by atoms with van der Waals surface area (Å²) in [6.45, 7) is 7.78. The molecule has 2 heterocycles. The molecule has 1 aliphatic heterocycles. The summed E-state index contributed by atoms with van der Waals surface area (Å²) < 4.78 is 24.4. The second kappa shape index (κ2) is 8.70. The van der Waals surface area contributed by atoms with Crippen molar-refractivity contribution in [3.63, 3.8) is 0 Å². The second-order valence-corrected chi connectivity index (χ2v) is 12.0. The molecular formula is C18H31N2O7PS. The van der Waals surface area contributed by atoms with Gasteiger partial charge in [0.05, 0.1) is 11.7 Å². The van der Waals surface area contributed by atoms with Crippen LogP contribution in [0.15, 0.2) is 21.9 Å². The summed E-state index contributed by atoms with van der Waals surface area (Å²) in [4.78, 5) is 36.6. The van der Waals surface area contributed by atoms with E-state index >= 15 is 0 Å². The maximum atomic E-state index is 12.3. The highest BCUT2D eigenvalue weighted by Crippen LogP contribution is 2.52. The van der Waals surface area contributed by atoms with E-state index in [0.29, 0.717) is 6.42 Å². The monoisotopic (exact) mass is 450 g/mol. The average molecular weight is 450 g/mol. The highest BCUT2D eigenvalue weighted by molar-refractivity contribution is 8.07. The van der Waals surface area contributed by atoms with Crippen molar-refractivity contribution in [2.75, 3.05) is 7.11 Å². The van der Waals surface area contributed by atoms with Crippen molar-refractivity contribution < 1.29 is 23.4 Å². The molecule has 0 amide bonds. The van der Waals surface area contributed by atoms with E-state index in [2.05, 4.69) is 4.98 Å². The zero-order valence-electron chi connectivity index (χ0n) is 17.9. The van der Waals surface area contributed by atoms with Crippen LogP contribution in [0.4, 0.5) is 0 Å². The van der Waals surface area contributed by atoms with Gasteiger partial charge in [-0.2, -0.15) is 0 Å². The molecule has 1 aromatic rings. The zero-order valence-corrected chi connectivity index (χ0v) is 19.6. The van der Waals surface area contributed by atoms with Gasteiger partial charge in [-0.25, -0.2) is 4.79 Å². The first-order valence-corrected chi connectivity index (χ1v) is 11.9. The van der Waals surface area contributed by atoms with Crippen LogP contribution in [0.25, 0.3) is 0 Å². The van der Waals surface area contributed by atoms with E-state index in [4.69, 9.17) is 30.3 Å². The summed E-state index contributed by atoms with van der Waals surface area (Å²) in [7, 11) is 1.46. The van der Waals surface area contributed by atoms with Crippen LogP contribution in [0.5, 0.6) is 0 Å². The normalized spacial score (nSPS) is 27.7. The second-order valence-electron chi connectivity index (χ2n) is 9.29. The standard InChI is InChI=1S/C18H31N2O7PS/c1-17(2,3)10-11-13(26-28(23,29)27-18(4,5)6)14(24-7)15(25-11)20-9-8-12(21)19-16(20)22/h8-9,11,13-15H,10H2,1-7H3,(H,23,29)(H,19,21,22)/t11-,13?,14+,15-,28?/m1/s1. The summed E-state index contributed by atoms with van der Waals surface area (Å²) in [5.41, 5.74) is -1.99. The number of nitrogens with one attached hydrogen (secondary N) is 1. The van der Waals surface area contributed by atoms with E-state index in [1.54, 1.807) is 20.8 Å². The van der Waals surface area contributed by atoms with Gasteiger partial charge in [0.15, 0.2) is 6.23 Å². The van der Waals surface area contributed by atoms with Crippen LogP contribution >= 0.6 is 6.72 Å². The minimum absolute atomic E-state index is 0.141. The van der Waals surface area contributed by atoms with Crippen LogP contribution in [0.2, 0.25) is 0 Å². The topological polar surface area (TPSA) is 112 Å². The molecular weight excluding hydrogens is 419 g/mol. The van der Waals surface area contributed by atoms with Gasteiger partial charge in [-0.05, 0) is 44.4 Å². The fourth-order valence-electron chi connectivity index (χ4n) is 3.23. The van der Waals surface area contributed by atoms with E-state index in [0.717, 1.165) is 0 Å². The molecule has 2 N–H and O–H groups in total. The predicted molar refractivity (Wildman–Crippen MR) is 112 cm³/mol. The third-order valence-corrected chi connectivity index (χ3v) is 5.91. The lowest BCUT2D eigenvalue weighted by Gasteiger charge is -2.32. The van der Waals surface area contributed by atoms with E-state index in [1.165, 1.54) is 23.9 Å². The van der Waals surface area contributed by atoms with Crippen LogP contribution in [0, 0.1) is 5.41 Å². The Hall–Kier alpha value is -0.870. The maximum Gasteiger partial charge on any atom is 0.330 e. The van der Waals surface area contributed by atoms with Crippen LogP contribution < -0.4 is 11.2 Å². The smallest absolute Gasteiger partial charge is 0.330 e. The van der Waals surface area contributed by atoms with Crippen LogP contribution in [0.3, 0.4) is 0 Å². The average Bonchev–Trinajstić information content (AvgIpc) is 2.79. The molecule has 11 heteroatoms. The Balaban J connectivity index is 2.42. The molecule has 2 rings (SSSR count). The summed E-state index contributed by atoms with van der Waals surface area (Å²) in [6, 6.07) is 1.23. The summed E-state index contributed by atoms with van der Waals surface area (Å²) >= 11 is 5.22. The number of methoxy groups -OCH3 is 1. The predicted octanol–water partition coefficient (Wildman–Crippen LogP) is 2.30. The lowest BCUT2D eigenvalue weighted by molar-refractivity contribution is -0.0593. The lowest BCUT2D eigenvalue weighted by atomic mass is 9.87. The lowest BCUT2D eigenvalue weighted by Crippen LogP contribution is -2.40. The molecule has 29 heavy (non-hydrogen) atoms. The molecule has 0 saturated carbocycles. The van der Waals surface area contributed by atoms with Crippen molar-refractivity contribution in [1.82, 2.24) is 9.55 Å². The minimum atomic E-state index is -3.63. The van der Waals surface area contributed by atoms with Gasteiger partial charge in [-0.15, -0.1) is 0 Å². The molecule has 0 aliphatic carbocycles. The highest BCUT2D eigenvalue weighted by atomic mass is 32.5. The quantitative estimate of drug-likeness (QED) is 0.635. The Kier molecular flexibility index (Phi) is 7.32. The van der Waals surface area contributed by atoms with Crippen molar-refractivity contribution in [3.8, 4) is 0 Å². The minimum Gasteiger partial charge on any atom is -0.374 e. The molecule has 2 unspecified atom stereocenters. The van der Waals surface area contributed by atoms with Crippen molar-refractivity contribution >= 4 is 18.5 Å². The largest absolute Gasteiger partial charge is 0.374 e. The van der Waals surface area contributed by atoms with Crippen molar-refractivity contribution in [1.29, 1.82) is 0 Å². The van der Waals surface area contributed by atoms with Gasteiger partial charge >= 0.3 is 12.4 Å².